The largest absolute Gasteiger partial charge is 0.394 e. The van der Waals surface area contributed by atoms with Crippen LogP contribution in [0.1, 0.15) is 17.4 Å². The number of ether oxygens (including phenoxy) is 1. The van der Waals surface area contributed by atoms with Crippen molar-refractivity contribution in [3.63, 3.8) is 0 Å². The van der Waals surface area contributed by atoms with Crippen molar-refractivity contribution in [1.29, 1.82) is 5.26 Å². The number of rotatable bonds is 5. The molecule has 4 rings (SSSR count). The van der Waals surface area contributed by atoms with Gasteiger partial charge in [0.15, 0.2) is 11.9 Å². The summed E-state index contributed by atoms with van der Waals surface area (Å²) in [5.41, 5.74) is 2.47. The topological polar surface area (TPSA) is 137 Å². The molecule has 0 aliphatic carbocycles. The van der Waals surface area contributed by atoms with E-state index in [1.807, 2.05) is 18.2 Å². The Hall–Kier alpha value is -2.55. The maximum atomic E-state index is 10.3. The van der Waals surface area contributed by atoms with Crippen LogP contribution in [0.3, 0.4) is 0 Å². The van der Waals surface area contributed by atoms with Gasteiger partial charge in [0.1, 0.15) is 35.2 Å². The van der Waals surface area contributed by atoms with Crippen molar-refractivity contribution >= 4 is 22.9 Å². The molecule has 0 radical (unpaired) electrons. The van der Waals surface area contributed by atoms with Crippen LogP contribution in [-0.2, 0) is 10.5 Å². The Labute approximate surface area is 164 Å². The average molecular weight is 399 g/mol. The second-order valence-corrected chi connectivity index (χ2v) is 7.25. The number of hydrogen-bond acceptors (Lipinski definition) is 9. The maximum absolute atomic E-state index is 10.3. The number of nitriles is 1. The average Bonchev–Trinajstić information content (AvgIpc) is 3.28. The van der Waals surface area contributed by atoms with Gasteiger partial charge in [-0.25, -0.2) is 15.0 Å². The Balaban J connectivity index is 1.62. The van der Waals surface area contributed by atoms with Gasteiger partial charge in [0, 0.05) is 5.75 Å². The highest BCUT2D eigenvalue weighted by Gasteiger charge is 2.44. The maximum Gasteiger partial charge on any atom is 0.166 e. The fraction of sp³-hybridized carbons (Fsp3) is 0.333. The molecule has 9 nitrogen and oxygen atoms in total. The van der Waals surface area contributed by atoms with Crippen LogP contribution in [-0.4, -0.2) is 59.8 Å². The number of benzene rings is 1. The summed E-state index contributed by atoms with van der Waals surface area (Å²) in [7, 11) is 0. The first kappa shape index (κ1) is 18.8. The molecule has 1 aliphatic heterocycles. The Morgan fingerprint density at radius 3 is 2.75 bits per heavy atom. The van der Waals surface area contributed by atoms with Gasteiger partial charge in [-0.1, -0.05) is 30.0 Å². The van der Waals surface area contributed by atoms with Gasteiger partial charge in [-0.2, -0.15) is 5.26 Å². The van der Waals surface area contributed by atoms with Crippen LogP contribution in [0.4, 0.5) is 0 Å². The minimum atomic E-state index is -1.22. The molecule has 0 unspecified atom stereocenters. The summed E-state index contributed by atoms with van der Waals surface area (Å²) in [6, 6.07) is 9.53. The third kappa shape index (κ3) is 3.23. The number of aliphatic hydroxyl groups is 3. The Kier molecular flexibility index (Phi) is 5.25. The van der Waals surface area contributed by atoms with Crippen molar-refractivity contribution in [3.8, 4) is 6.07 Å². The minimum Gasteiger partial charge on any atom is -0.394 e. The monoisotopic (exact) mass is 399 g/mol. The summed E-state index contributed by atoms with van der Waals surface area (Å²) in [6.45, 7) is -0.407. The fourth-order valence-corrected chi connectivity index (χ4v) is 4.08. The van der Waals surface area contributed by atoms with E-state index in [4.69, 9.17) is 4.74 Å². The zero-order valence-electron chi connectivity index (χ0n) is 14.6. The fourth-order valence-electron chi connectivity index (χ4n) is 3.13. The molecular formula is C18H17N5O4S. The van der Waals surface area contributed by atoms with Crippen molar-refractivity contribution in [2.45, 2.75) is 35.3 Å². The standard InChI is InChI=1S/C18H17N5O4S/c19-5-10-3-1-2-4-11(10)7-28-17-13-16(20-8-21-17)23(9-22-13)18-15(26)14(25)12(6-24)27-18/h1-4,8-9,12,14-15,18,24-26H,6-7H2/t12-,14-,15-,18-/m1/s1. The van der Waals surface area contributed by atoms with Gasteiger partial charge in [-0.15, -0.1) is 0 Å². The third-order valence-corrected chi connectivity index (χ3v) is 5.65. The predicted octanol–water partition coefficient (Wildman–Crippen LogP) is 0.602. The lowest BCUT2D eigenvalue weighted by molar-refractivity contribution is -0.0511. The molecule has 1 aromatic carbocycles. The number of nitrogens with zero attached hydrogens (tertiary/aromatic N) is 5. The van der Waals surface area contributed by atoms with Gasteiger partial charge >= 0.3 is 0 Å². The number of fused-ring (bicyclic) bond motifs is 1. The number of imidazole rings is 1. The van der Waals surface area contributed by atoms with Gasteiger partial charge < -0.3 is 20.1 Å². The highest BCUT2D eigenvalue weighted by atomic mass is 32.2. The predicted molar refractivity (Wildman–Crippen MR) is 99.1 cm³/mol. The number of aliphatic hydroxyl groups excluding tert-OH is 3. The molecule has 0 bridgehead atoms. The number of aromatic nitrogens is 4. The van der Waals surface area contributed by atoms with Gasteiger partial charge in [-0.3, -0.25) is 4.57 Å². The van der Waals surface area contributed by atoms with E-state index in [1.165, 1.54) is 29.0 Å². The van der Waals surface area contributed by atoms with Crippen LogP contribution in [0, 0.1) is 11.3 Å². The van der Waals surface area contributed by atoms with E-state index >= 15 is 0 Å². The second-order valence-electron chi connectivity index (χ2n) is 6.29. The molecular weight excluding hydrogens is 382 g/mol. The molecule has 0 saturated carbocycles. The number of thioether (sulfide) groups is 1. The molecule has 1 aliphatic rings. The van der Waals surface area contributed by atoms with Crippen LogP contribution < -0.4 is 0 Å². The summed E-state index contributed by atoms with van der Waals surface area (Å²) in [5, 5.41) is 39.4. The molecule has 10 heteroatoms. The lowest BCUT2D eigenvalue weighted by Gasteiger charge is -2.16. The zero-order valence-corrected chi connectivity index (χ0v) is 15.4. The molecule has 4 atom stereocenters. The Morgan fingerprint density at radius 1 is 1.18 bits per heavy atom. The van der Waals surface area contributed by atoms with Crippen LogP contribution in [0.5, 0.6) is 0 Å². The number of hydrogen-bond donors (Lipinski definition) is 3. The molecule has 3 heterocycles. The molecule has 0 amide bonds. The summed E-state index contributed by atoms with van der Waals surface area (Å²) < 4.78 is 7.08. The van der Waals surface area contributed by atoms with E-state index in [9.17, 15) is 20.6 Å². The van der Waals surface area contributed by atoms with Crippen molar-refractivity contribution in [3.05, 3.63) is 48.0 Å². The summed E-state index contributed by atoms with van der Waals surface area (Å²) >= 11 is 1.42. The highest BCUT2D eigenvalue weighted by molar-refractivity contribution is 7.98. The third-order valence-electron chi connectivity index (χ3n) is 4.62. The lowest BCUT2D eigenvalue weighted by atomic mass is 10.1. The van der Waals surface area contributed by atoms with Gasteiger partial charge in [0.25, 0.3) is 0 Å². The van der Waals surface area contributed by atoms with Crippen LogP contribution in [0.2, 0.25) is 0 Å². The SMILES string of the molecule is N#Cc1ccccc1CSc1ncnc2c1ncn2[C@@H]1O[C@H](CO)[C@@H](O)[C@H]1O. The second kappa shape index (κ2) is 7.83. The van der Waals surface area contributed by atoms with E-state index < -0.39 is 31.1 Å². The minimum absolute atomic E-state index is 0.407. The Bertz CT molecular complexity index is 1040. The van der Waals surface area contributed by atoms with Crippen LogP contribution in [0.25, 0.3) is 11.2 Å². The zero-order chi connectivity index (χ0) is 19.7. The van der Waals surface area contributed by atoms with E-state index in [2.05, 4.69) is 21.0 Å². The molecule has 1 saturated heterocycles. The molecule has 144 valence electrons. The molecule has 2 aromatic heterocycles. The van der Waals surface area contributed by atoms with Crippen molar-refractivity contribution in [2.24, 2.45) is 0 Å². The molecule has 28 heavy (non-hydrogen) atoms. The summed E-state index contributed by atoms with van der Waals surface area (Å²) in [4.78, 5) is 12.9. The van der Waals surface area contributed by atoms with Crippen molar-refractivity contribution in [1.82, 2.24) is 19.5 Å². The van der Waals surface area contributed by atoms with E-state index in [0.717, 1.165) is 5.56 Å². The van der Waals surface area contributed by atoms with Crippen LogP contribution in [0.15, 0.2) is 41.9 Å². The Morgan fingerprint density at radius 2 is 2.00 bits per heavy atom. The van der Waals surface area contributed by atoms with E-state index in [-0.39, 0.29) is 0 Å². The van der Waals surface area contributed by atoms with E-state index in [1.54, 1.807) is 6.07 Å². The first-order chi connectivity index (χ1) is 13.6. The smallest absolute Gasteiger partial charge is 0.166 e. The van der Waals surface area contributed by atoms with Gasteiger partial charge in [0.05, 0.1) is 24.6 Å². The quantitative estimate of drug-likeness (QED) is 0.416. The molecule has 0 spiro atoms. The molecule has 3 N–H and O–H groups in total. The van der Waals surface area contributed by atoms with E-state index in [0.29, 0.717) is 27.5 Å². The summed E-state index contributed by atoms with van der Waals surface area (Å²) in [6.07, 6.45) is -1.36. The van der Waals surface area contributed by atoms with Crippen molar-refractivity contribution < 1.29 is 20.1 Å². The van der Waals surface area contributed by atoms with Crippen molar-refractivity contribution in [2.75, 3.05) is 6.61 Å². The highest BCUT2D eigenvalue weighted by Crippen LogP contribution is 2.33. The first-order valence-electron chi connectivity index (χ1n) is 8.55. The first-order valence-corrected chi connectivity index (χ1v) is 9.53. The summed E-state index contributed by atoms with van der Waals surface area (Å²) in [5.74, 6) is 0.538. The lowest BCUT2D eigenvalue weighted by Crippen LogP contribution is -2.33. The van der Waals surface area contributed by atoms with Gasteiger partial charge in [-0.05, 0) is 11.6 Å². The molecule has 1 fully saturated rings. The molecule has 3 aromatic rings. The van der Waals surface area contributed by atoms with Gasteiger partial charge in [0.2, 0.25) is 0 Å². The van der Waals surface area contributed by atoms with Crippen LogP contribution >= 0.6 is 11.8 Å². The normalized spacial score (nSPS) is 24.5.